The molecule has 0 spiro atoms. The van der Waals surface area contributed by atoms with Crippen molar-refractivity contribution in [1.29, 1.82) is 0 Å². The Labute approximate surface area is 203 Å². The van der Waals surface area contributed by atoms with Crippen LogP contribution in [0.15, 0.2) is 54.7 Å². The Kier molecular flexibility index (Phi) is 5.91. The van der Waals surface area contributed by atoms with Gasteiger partial charge < -0.3 is 24.3 Å². The van der Waals surface area contributed by atoms with Gasteiger partial charge in [0.25, 0.3) is 0 Å². The number of carbonyl (C=O) groups is 2. The first kappa shape index (κ1) is 23.2. The summed E-state index contributed by atoms with van der Waals surface area (Å²) in [6.45, 7) is 6.58. The van der Waals surface area contributed by atoms with Crippen LogP contribution >= 0.6 is 0 Å². The number of halogens is 1. The monoisotopic (exact) mass is 479 g/mol. The van der Waals surface area contributed by atoms with Crippen LogP contribution in [-0.2, 0) is 16.1 Å². The van der Waals surface area contributed by atoms with E-state index in [4.69, 9.17) is 9.47 Å². The molecule has 2 amide bonds. The number of likely N-dealkylation sites (tertiary alicyclic amines) is 2. The van der Waals surface area contributed by atoms with Crippen molar-refractivity contribution in [2.75, 3.05) is 13.1 Å². The van der Waals surface area contributed by atoms with Crippen molar-refractivity contribution in [3.63, 3.8) is 0 Å². The molecule has 0 aliphatic carbocycles. The van der Waals surface area contributed by atoms with E-state index in [0.29, 0.717) is 25.0 Å². The third-order valence-electron chi connectivity index (χ3n) is 6.77. The van der Waals surface area contributed by atoms with E-state index in [9.17, 15) is 14.0 Å². The van der Waals surface area contributed by atoms with Crippen molar-refractivity contribution >= 4 is 23.1 Å². The molecule has 3 heterocycles. The summed E-state index contributed by atoms with van der Waals surface area (Å²) in [5.41, 5.74) is 1.91. The number of nitrogens with zero attached hydrogens (tertiary/aromatic N) is 2. The second-order valence-corrected chi connectivity index (χ2v) is 10.3. The standard InChI is InChI=1S/C27H30FN3O4/c1-27(2,3)35-26(33)30-12-11-23-24(30)21(20-14-29-22-13-18(28)9-10-19(20)22)15-31(23)25(32)34-16-17-7-5-4-6-8-17/h4-10,13-14,21,23-24,29H,11-12,15-16H2,1-3H3. The van der Waals surface area contributed by atoms with E-state index in [-0.39, 0.29) is 36.5 Å². The molecule has 35 heavy (non-hydrogen) atoms. The lowest BCUT2D eigenvalue weighted by Crippen LogP contribution is -2.44. The zero-order chi connectivity index (χ0) is 24.7. The van der Waals surface area contributed by atoms with Crippen molar-refractivity contribution in [2.24, 2.45) is 0 Å². The van der Waals surface area contributed by atoms with E-state index in [1.165, 1.54) is 12.1 Å². The fourth-order valence-electron chi connectivity index (χ4n) is 5.34. The molecule has 7 nitrogen and oxygen atoms in total. The maximum atomic E-state index is 13.8. The van der Waals surface area contributed by atoms with Crippen LogP contribution in [0.1, 0.15) is 44.2 Å². The summed E-state index contributed by atoms with van der Waals surface area (Å²) in [6.07, 6.45) is 1.71. The SMILES string of the molecule is CC(C)(C)OC(=O)N1CCC2C1C(c1c[nH]c3cc(F)ccc13)CN2C(=O)OCc1ccccc1. The van der Waals surface area contributed by atoms with Crippen molar-refractivity contribution in [1.82, 2.24) is 14.8 Å². The molecule has 1 aromatic heterocycles. The number of nitrogens with one attached hydrogen (secondary N) is 1. The topological polar surface area (TPSA) is 74.9 Å². The number of benzene rings is 2. The molecule has 2 aromatic carbocycles. The number of fused-ring (bicyclic) bond motifs is 2. The van der Waals surface area contributed by atoms with Crippen LogP contribution in [0.5, 0.6) is 0 Å². The molecular weight excluding hydrogens is 449 g/mol. The predicted octanol–water partition coefficient (Wildman–Crippen LogP) is 5.42. The second kappa shape index (κ2) is 8.91. The third kappa shape index (κ3) is 4.57. The number of hydrogen-bond acceptors (Lipinski definition) is 4. The molecule has 3 atom stereocenters. The first-order valence-corrected chi connectivity index (χ1v) is 11.9. The molecule has 5 rings (SSSR count). The van der Waals surface area contributed by atoms with E-state index >= 15 is 0 Å². The quantitative estimate of drug-likeness (QED) is 0.544. The number of aromatic amines is 1. The molecule has 2 aliphatic heterocycles. The maximum Gasteiger partial charge on any atom is 0.410 e. The Hall–Kier alpha value is -3.55. The lowest BCUT2D eigenvalue weighted by atomic mass is 9.91. The summed E-state index contributed by atoms with van der Waals surface area (Å²) in [7, 11) is 0. The minimum atomic E-state index is -0.629. The van der Waals surface area contributed by atoms with Crippen LogP contribution < -0.4 is 0 Å². The van der Waals surface area contributed by atoms with Crippen LogP contribution in [0.4, 0.5) is 14.0 Å². The number of amides is 2. The minimum Gasteiger partial charge on any atom is -0.445 e. The number of hydrogen-bond donors (Lipinski definition) is 1. The largest absolute Gasteiger partial charge is 0.445 e. The minimum absolute atomic E-state index is 0.168. The second-order valence-electron chi connectivity index (χ2n) is 10.3. The zero-order valence-corrected chi connectivity index (χ0v) is 20.2. The van der Waals surface area contributed by atoms with Gasteiger partial charge in [-0.05, 0) is 56.5 Å². The van der Waals surface area contributed by atoms with E-state index in [1.54, 1.807) is 15.9 Å². The average Bonchev–Trinajstić information content (AvgIpc) is 3.50. The number of H-pyrrole nitrogens is 1. The molecule has 2 saturated heterocycles. The zero-order valence-electron chi connectivity index (χ0n) is 20.2. The van der Waals surface area contributed by atoms with Crippen molar-refractivity contribution < 1.29 is 23.5 Å². The summed E-state index contributed by atoms with van der Waals surface area (Å²) in [4.78, 5) is 33.0. The number of rotatable bonds is 3. The van der Waals surface area contributed by atoms with Gasteiger partial charge in [0.15, 0.2) is 0 Å². The van der Waals surface area contributed by atoms with Gasteiger partial charge in [0.05, 0.1) is 12.1 Å². The molecule has 3 aromatic rings. The van der Waals surface area contributed by atoms with E-state index in [1.807, 2.05) is 57.3 Å². The summed E-state index contributed by atoms with van der Waals surface area (Å²) in [6, 6.07) is 13.7. The van der Waals surface area contributed by atoms with E-state index < -0.39 is 11.7 Å². The van der Waals surface area contributed by atoms with Gasteiger partial charge in [-0.1, -0.05) is 30.3 Å². The highest BCUT2D eigenvalue weighted by Crippen LogP contribution is 2.43. The van der Waals surface area contributed by atoms with Gasteiger partial charge in [-0.15, -0.1) is 0 Å². The van der Waals surface area contributed by atoms with Gasteiger partial charge in [-0.2, -0.15) is 0 Å². The van der Waals surface area contributed by atoms with Gasteiger partial charge in [-0.3, -0.25) is 0 Å². The molecular formula is C27H30FN3O4. The Morgan fingerprint density at radius 3 is 2.60 bits per heavy atom. The lowest BCUT2D eigenvalue weighted by molar-refractivity contribution is 0.0209. The Balaban J connectivity index is 1.44. The lowest BCUT2D eigenvalue weighted by Gasteiger charge is -2.31. The summed E-state index contributed by atoms with van der Waals surface area (Å²) >= 11 is 0. The Morgan fingerprint density at radius 2 is 1.86 bits per heavy atom. The van der Waals surface area contributed by atoms with Crippen LogP contribution in [0.25, 0.3) is 10.9 Å². The molecule has 0 saturated carbocycles. The Morgan fingerprint density at radius 1 is 1.09 bits per heavy atom. The van der Waals surface area contributed by atoms with Crippen molar-refractivity contribution in [3.8, 4) is 0 Å². The van der Waals surface area contributed by atoms with Crippen molar-refractivity contribution in [2.45, 2.75) is 57.4 Å². The molecule has 2 aliphatic rings. The van der Waals surface area contributed by atoms with E-state index in [0.717, 1.165) is 16.5 Å². The van der Waals surface area contributed by atoms with E-state index in [2.05, 4.69) is 4.98 Å². The fourth-order valence-corrected chi connectivity index (χ4v) is 5.34. The first-order chi connectivity index (χ1) is 16.7. The molecule has 2 fully saturated rings. The number of ether oxygens (including phenoxy) is 2. The van der Waals surface area contributed by atoms with Gasteiger partial charge >= 0.3 is 12.2 Å². The highest BCUT2D eigenvalue weighted by Gasteiger charge is 2.53. The van der Waals surface area contributed by atoms with Gasteiger partial charge in [0.1, 0.15) is 18.0 Å². The normalized spacial score (nSPS) is 21.9. The molecule has 3 unspecified atom stereocenters. The number of aromatic nitrogens is 1. The Bertz CT molecular complexity index is 1240. The smallest absolute Gasteiger partial charge is 0.410 e. The first-order valence-electron chi connectivity index (χ1n) is 11.9. The highest BCUT2D eigenvalue weighted by molar-refractivity contribution is 5.84. The van der Waals surface area contributed by atoms with Crippen LogP contribution in [0.3, 0.4) is 0 Å². The fraction of sp³-hybridized carbons (Fsp3) is 0.407. The maximum absolute atomic E-state index is 13.8. The van der Waals surface area contributed by atoms with Crippen molar-refractivity contribution in [3.05, 3.63) is 71.7 Å². The number of carbonyl (C=O) groups excluding carboxylic acids is 2. The summed E-state index contributed by atoms with van der Waals surface area (Å²) < 4.78 is 25.2. The van der Waals surface area contributed by atoms with Gasteiger partial charge in [-0.25, -0.2) is 14.0 Å². The molecule has 184 valence electrons. The summed E-state index contributed by atoms with van der Waals surface area (Å²) in [5, 5.41) is 0.880. The van der Waals surface area contributed by atoms with Gasteiger partial charge in [0, 0.05) is 36.1 Å². The van der Waals surface area contributed by atoms with Crippen LogP contribution in [0.2, 0.25) is 0 Å². The molecule has 1 N–H and O–H groups in total. The van der Waals surface area contributed by atoms with Crippen LogP contribution in [-0.4, -0.2) is 57.7 Å². The molecule has 8 heteroatoms. The third-order valence-corrected chi connectivity index (χ3v) is 6.77. The predicted molar refractivity (Wildman–Crippen MR) is 129 cm³/mol. The van der Waals surface area contributed by atoms with Gasteiger partial charge in [0.2, 0.25) is 0 Å². The average molecular weight is 480 g/mol. The molecule has 0 radical (unpaired) electrons. The van der Waals surface area contributed by atoms with Crippen LogP contribution in [0, 0.1) is 5.82 Å². The summed E-state index contributed by atoms with van der Waals surface area (Å²) in [5.74, 6) is -0.490. The molecule has 0 bridgehead atoms. The highest BCUT2D eigenvalue weighted by atomic mass is 19.1.